The van der Waals surface area contributed by atoms with E-state index >= 15 is 0 Å². The van der Waals surface area contributed by atoms with Crippen LogP contribution in [0.4, 0.5) is 0 Å². The van der Waals surface area contributed by atoms with Crippen LogP contribution < -0.4 is 5.73 Å². The molecular formula is C11H17N3. The zero-order chi connectivity index (χ0) is 9.76. The molecule has 0 saturated heterocycles. The number of rotatable bonds is 3. The first-order valence-electron chi connectivity index (χ1n) is 5.59. The molecule has 1 aromatic rings. The molecule has 0 amide bonds. The predicted molar refractivity (Wildman–Crippen MR) is 55.0 cm³/mol. The van der Waals surface area contributed by atoms with E-state index in [-0.39, 0.29) is 5.54 Å². The number of aromatic nitrogens is 2. The van der Waals surface area contributed by atoms with Gasteiger partial charge in [-0.3, -0.25) is 4.68 Å². The fourth-order valence-corrected chi connectivity index (χ4v) is 2.22. The van der Waals surface area contributed by atoms with Gasteiger partial charge >= 0.3 is 0 Å². The minimum Gasteiger partial charge on any atom is -0.321 e. The van der Waals surface area contributed by atoms with Crippen LogP contribution in [-0.4, -0.2) is 9.78 Å². The van der Waals surface area contributed by atoms with Crippen LogP contribution in [0.3, 0.4) is 0 Å². The molecule has 0 spiro atoms. The summed E-state index contributed by atoms with van der Waals surface area (Å²) in [4.78, 5) is 0. The van der Waals surface area contributed by atoms with Crippen LogP contribution in [0.1, 0.15) is 49.8 Å². The van der Waals surface area contributed by atoms with E-state index in [2.05, 4.69) is 16.7 Å². The number of nitrogens with two attached hydrogens (primary N) is 1. The van der Waals surface area contributed by atoms with Gasteiger partial charge in [-0.05, 0) is 32.6 Å². The van der Waals surface area contributed by atoms with Gasteiger partial charge in [-0.1, -0.05) is 0 Å². The van der Waals surface area contributed by atoms with Gasteiger partial charge in [0, 0.05) is 29.3 Å². The molecule has 0 unspecified atom stereocenters. The lowest BCUT2D eigenvalue weighted by Gasteiger charge is -2.11. The third-order valence-electron chi connectivity index (χ3n) is 3.47. The number of hydrogen-bond donors (Lipinski definition) is 1. The van der Waals surface area contributed by atoms with Crippen molar-refractivity contribution in [2.45, 2.75) is 50.6 Å². The molecule has 2 N–H and O–H groups in total. The Hall–Kier alpha value is -0.830. The highest BCUT2D eigenvalue weighted by molar-refractivity contribution is 5.36. The second-order valence-electron chi connectivity index (χ2n) is 4.69. The quantitative estimate of drug-likeness (QED) is 0.790. The van der Waals surface area contributed by atoms with Gasteiger partial charge in [0.25, 0.3) is 0 Å². The Morgan fingerprint density at radius 3 is 2.79 bits per heavy atom. The molecule has 0 atom stereocenters. The Labute approximate surface area is 84.3 Å². The normalized spacial score (nSPS) is 23.9. The second-order valence-corrected chi connectivity index (χ2v) is 4.69. The maximum Gasteiger partial charge on any atom is 0.0543 e. The molecule has 0 radical (unpaired) electrons. The van der Waals surface area contributed by atoms with Gasteiger partial charge < -0.3 is 5.73 Å². The van der Waals surface area contributed by atoms with Gasteiger partial charge in [0.15, 0.2) is 0 Å². The minimum atomic E-state index is -0.00859. The highest BCUT2D eigenvalue weighted by Gasteiger charge is 2.45. The van der Waals surface area contributed by atoms with Gasteiger partial charge in [0.2, 0.25) is 0 Å². The minimum absolute atomic E-state index is 0.00859. The highest BCUT2D eigenvalue weighted by atomic mass is 15.3. The van der Waals surface area contributed by atoms with Crippen LogP contribution in [0, 0.1) is 0 Å². The van der Waals surface area contributed by atoms with Crippen LogP contribution in [0.25, 0.3) is 0 Å². The molecule has 0 aliphatic heterocycles. The monoisotopic (exact) mass is 191 g/mol. The second kappa shape index (κ2) is 2.60. The van der Waals surface area contributed by atoms with Crippen LogP contribution in [0.2, 0.25) is 0 Å². The molecule has 2 saturated carbocycles. The van der Waals surface area contributed by atoms with Crippen molar-refractivity contribution in [1.29, 1.82) is 0 Å². The molecule has 0 bridgehead atoms. The Kier molecular flexibility index (Phi) is 1.57. The zero-order valence-corrected chi connectivity index (χ0v) is 8.66. The SMILES string of the molecule is CCn1ncc(C2(N)CC2)c1C1CC1. The van der Waals surface area contributed by atoms with E-state index in [1.54, 1.807) is 0 Å². The van der Waals surface area contributed by atoms with Crippen molar-refractivity contribution in [3.05, 3.63) is 17.5 Å². The highest BCUT2D eigenvalue weighted by Crippen LogP contribution is 2.50. The number of aryl methyl sites for hydroxylation is 1. The van der Waals surface area contributed by atoms with E-state index in [0.29, 0.717) is 0 Å². The first-order chi connectivity index (χ1) is 6.74. The average Bonchev–Trinajstić information content (AvgIpc) is 3.09. The topological polar surface area (TPSA) is 43.8 Å². The van der Waals surface area contributed by atoms with Crippen molar-refractivity contribution in [2.24, 2.45) is 5.73 Å². The fraction of sp³-hybridized carbons (Fsp3) is 0.727. The molecular weight excluding hydrogens is 174 g/mol. The standard InChI is InChI=1S/C11H17N3/c1-2-14-10(8-3-4-8)9(7-13-14)11(12)5-6-11/h7-8H,2-6,12H2,1H3. The predicted octanol–water partition coefficient (Wildman–Crippen LogP) is 1.73. The Bertz CT molecular complexity index is 359. The largest absolute Gasteiger partial charge is 0.321 e. The van der Waals surface area contributed by atoms with Crippen molar-refractivity contribution >= 4 is 0 Å². The van der Waals surface area contributed by atoms with Crippen molar-refractivity contribution < 1.29 is 0 Å². The maximum absolute atomic E-state index is 6.25. The lowest BCUT2D eigenvalue weighted by Crippen LogP contribution is -2.20. The molecule has 14 heavy (non-hydrogen) atoms. The van der Waals surface area contributed by atoms with Gasteiger partial charge in [0.1, 0.15) is 0 Å². The average molecular weight is 191 g/mol. The summed E-state index contributed by atoms with van der Waals surface area (Å²) in [7, 11) is 0. The van der Waals surface area contributed by atoms with Gasteiger partial charge in [-0.25, -0.2) is 0 Å². The van der Waals surface area contributed by atoms with E-state index < -0.39 is 0 Å². The molecule has 3 heteroatoms. The van der Waals surface area contributed by atoms with E-state index in [1.807, 2.05) is 6.20 Å². The molecule has 1 heterocycles. The summed E-state index contributed by atoms with van der Waals surface area (Å²) < 4.78 is 2.14. The van der Waals surface area contributed by atoms with Crippen molar-refractivity contribution in [2.75, 3.05) is 0 Å². The Morgan fingerprint density at radius 1 is 1.57 bits per heavy atom. The third-order valence-corrected chi connectivity index (χ3v) is 3.47. The summed E-state index contributed by atoms with van der Waals surface area (Å²) in [6, 6.07) is 0. The number of nitrogens with zero attached hydrogens (tertiary/aromatic N) is 2. The van der Waals surface area contributed by atoms with Gasteiger partial charge in [0.05, 0.1) is 6.20 Å². The molecule has 2 aliphatic rings. The van der Waals surface area contributed by atoms with Crippen LogP contribution >= 0.6 is 0 Å². The van der Waals surface area contributed by atoms with Crippen molar-refractivity contribution in [3.8, 4) is 0 Å². The molecule has 1 aromatic heterocycles. The molecule has 0 aromatic carbocycles. The molecule has 3 rings (SSSR count). The summed E-state index contributed by atoms with van der Waals surface area (Å²) in [5.41, 5.74) is 9.01. The fourth-order valence-electron chi connectivity index (χ4n) is 2.22. The summed E-state index contributed by atoms with van der Waals surface area (Å²) >= 11 is 0. The molecule has 2 fully saturated rings. The lowest BCUT2D eigenvalue weighted by atomic mass is 10.0. The maximum atomic E-state index is 6.25. The van der Waals surface area contributed by atoms with Gasteiger partial charge in [-0.15, -0.1) is 0 Å². The first kappa shape index (κ1) is 8.48. The van der Waals surface area contributed by atoms with Crippen LogP contribution in [0.5, 0.6) is 0 Å². The third kappa shape index (κ3) is 1.12. The molecule has 2 aliphatic carbocycles. The van der Waals surface area contributed by atoms with Crippen LogP contribution in [-0.2, 0) is 12.1 Å². The van der Waals surface area contributed by atoms with E-state index in [1.165, 1.54) is 24.1 Å². The van der Waals surface area contributed by atoms with Crippen molar-refractivity contribution in [1.82, 2.24) is 9.78 Å². The van der Waals surface area contributed by atoms with Crippen molar-refractivity contribution in [3.63, 3.8) is 0 Å². The Morgan fingerprint density at radius 2 is 2.29 bits per heavy atom. The zero-order valence-electron chi connectivity index (χ0n) is 8.66. The molecule has 3 nitrogen and oxygen atoms in total. The summed E-state index contributed by atoms with van der Waals surface area (Å²) in [6.07, 6.45) is 6.94. The van der Waals surface area contributed by atoms with Crippen LogP contribution in [0.15, 0.2) is 6.20 Å². The summed E-state index contributed by atoms with van der Waals surface area (Å²) in [5.74, 6) is 0.758. The smallest absolute Gasteiger partial charge is 0.0543 e. The Balaban J connectivity index is 2.05. The molecule has 76 valence electrons. The van der Waals surface area contributed by atoms with Gasteiger partial charge in [-0.2, -0.15) is 5.10 Å². The van der Waals surface area contributed by atoms with E-state index in [9.17, 15) is 0 Å². The van der Waals surface area contributed by atoms with E-state index in [4.69, 9.17) is 5.73 Å². The first-order valence-corrected chi connectivity index (χ1v) is 5.59. The number of hydrogen-bond acceptors (Lipinski definition) is 2. The lowest BCUT2D eigenvalue weighted by molar-refractivity contribution is 0.614. The summed E-state index contributed by atoms with van der Waals surface area (Å²) in [6.45, 7) is 3.13. The summed E-state index contributed by atoms with van der Waals surface area (Å²) in [5, 5.41) is 4.44. The van der Waals surface area contributed by atoms with E-state index in [0.717, 1.165) is 25.3 Å².